The van der Waals surface area contributed by atoms with E-state index in [9.17, 15) is 4.79 Å². The number of morpholine rings is 1. The molecule has 0 unspecified atom stereocenters. The fourth-order valence-electron chi connectivity index (χ4n) is 2.23. The molecule has 1 amide bonds. The molecule has 1 aromatic carbocycles. The summed E-state index contributed by atoms with van der Waals surface area (Å²) in [6.45, 7) is 5.63. The zero-order valence-electron chi connectivity index (χ0n) is 11.6. The lowest BCUT2D eigenvalue weighted by Crippen LogP contribution is -2.55. The molecular weight excluding hydrogens is 244 g/mol. The third-order valence-corrected chi connectivity index (χ3v) is 3.38. The number of nitrogens with two attached hydrogens (primary N) is 1. The smallest absolute Gasteiger partial charge is 0.256 e. The second-order valence-corrected chi connectivity index (χ2v) is 5.27. The first-order chi connectivity index (χ1) is 8.95. The molecule has 0 spiro atoms. The molecule has 0 aromatic heterocycles. The summed E-state index contributed by atoms with van der Waals surface area (Å²) in [5.41, 5.74) is 6.52. The summed E-state index contributed by atoms with van der Waals surface area (Å²) in [7, 11) is 1.57. The number of nitrogen functional groups attached to an aromatic ring is 1. The lowest BCUT2D eigenvalue weighted by molar-refractivity contribution is -0.0370. The average molecular weight is 264 g/mol. The summed E-state index contributed by atoms with van der Waals surface area (Å²) in [4.78, 5) is 14.4. The standard InChI is InChI=1S/C14H20N2O3/c1-14(2)9-19-7-6-16(14)13(17)11-8-10(18-3)4-5-12(11)15/h4-5,8H,6-7,9,15H2,1-3H3. The molecule has 2 N–H and O–H groups in total. The van der Waals surface area contributed by atoms with Gasteiger partial charge in [0.1, 0.15) is 5.75 Å². The highest BCUT2D eigenvalue weighted by atomic mass is 16.5. The van der Waals surface area contributed by atoms with Crippen LogP contribution in [0.2, 0.25) is 0 Å². The molecule has 1 fully saturated rings. The summed E-state index contributed by atoms with van der Waals surface area (Å²) in [6, 6.07) is 5.12. The van der Waals surface area contributed by atoms with E-state index >= 15 is 0 Å². The van der Waals surface area contributed by atoms with E-state index in [2.05, 4.69) is 0 Å². The van der Waals surface area contributed by atoms with Crippen LogP contribution in [0, 0.1) is 0 Å². The number of carbonyl (C=O) groups is 1. The molecule has 1 saturated heterocycles. The molecule has 0 saturated carbocycles. The van der Waals surface area contributed by atoms with Crippen LogP contribution in [0.25, 0.3) is 0 Å². The van der Waals surface area contributed by atoms with Crippen molar-refractivity contribution < 1.29 is 14.3 Å². The van der Waals surface area contributed by atoms with Crippen LogP contribution in [0.4, 0.5) is 5.69 Å². The Bertz CT molecular complexity index is 486. The number of methoxy groups -OCH3 is 1. The molecule has 19 heavy (non-hydrogen) atoms. The number of ether oxygens (including phenoxy) is 2. The van der Waals surface area contributed by atoms with Gasteiger partial charge in [0.2, 0.25) is 0 Å². The highest BCUT2D eigenvalue weighted by Gasteiger charge is 2.35. The average Bonchev–Trinajstić information content (AvgIpc) is 2.38. The Morgan fingerprint density at radius 1 is 1.47 bits per heavy atom. The predicted octanol–water partition coefficient (Wildman–Crippen LogP) is 1.53. The Kier molecular flexibility index (Phi) is 3.66. The van der Waals surface area contributed by atoms with Crippen molar-refractivity contribution in [3.63, 3.8) is 0 Å². The van der Waals surface area contributed by atoms with E-state index in [1.54, 1.807) is 25.3 Å². The summed E-state index contributed by atoms with van der Waals surface area (Å²) in [5.74, 6) is 0.549. The maximum absolute atomic E-state index is 12.6. The molecule has 1 heterocycles. The first-order valence-corrected chi connectivity index (χ1v) is 6.29. The van der Waals surface area contributed by atoms with Gasteiger partial charge in [-0.2, -0.15) is 0 Å². The number of hydrogen-bond donors (Lipinski definition) is 1. The second kappa shape index (κ2) is 5.09. The summed E-state index contributed by atoms with van der Waals surface area (Å²) < 4.78 is 10.6. The Morgan fingerprint density at radius 3 is 2.84 bits per heavy atom. The minimum absolute atomic E-state index is 0.0790. The van der Waals surface area contributed by atoms with Crippen LogP contribution in [-0.4, -0.2) is 43.2 Å². The molecule has 2 rings (SSSR count). The summed E-state index contributed by atoms with van der Waals surface area (Å²) in [6.07, 6.45) is 0. The predicted molar refractivity (Wildman–Crippen MR) is 73.3 cm³/mol. The van der Waals surface area contributed by atoms with Gasteiger partial charge < -0.3 is 20.1 Å². The molecule has 5 heteroatoms. The maximum atomic E-state index is 12.6. The van der Waals surface area contributed by atoms with Crippen LogP contribution >= 0.6 is 0 Å². The fraction of sp³-hybridized carbons (Fsp3) is 0.500. The minimum atomic E-state index is -0.329. The van der Waals surface area contributed by atoms with Gasteiger partial charge in [0.25, 0.3) is 5.91 Å². The molecule has 0 aliphatic carbocycles. The molecule has 0 radical (unpaired) electrons. The zero-order chi connectivity index (χ0) is 14.0. The van der Waals surface area contributed by atoms with Gasteiger partial charge >= 0.3 is 0 Å². The van der Waals surface area contributed by atoms with Crippen molar-refractivity contribution in [3.05, 3.63) is 23.8 Å². The molecular formula is C14H20N2O3. The highest BCUT2D eigenvalue weighted by Crippen LogP contribution is 2.26. The third kappa shape index (κ3) is 2.66. The van der Waals surface area contributed by atoms with E-state index in [0.717, 1.165) is 0 Å². The SMILES string of the molecule is COc1ccc(N)c(C(=O)N2CCOCC2(C)C)c1. The van der Waals surface area contributed by atoms with E-state index in [0.29, 0.717) is 36.8 Å². The van der Waals surface area contributed by atoms with Crippen LogP contribution in [-0.2, 0) is 4.74 Å². The molecule has 1 aliphatic heterocycles. The van der Waals surface area contributed by atoms with Gasteiger partial charge in [-0.25, -0.2) is 0 Å². The van der Waals surface area contributed by atoms with Crippen LogP contribution in [0.1, 0.15) is 24.2 Å². The van der Waals surface area contributed by atoms with Gasteiger partial charge in [-0.05, 0) is 32.0 Å². The molecule has 1 aromatic rings. The Hall–Kier alpha value is -1.75. The maximum Gasteiger partial charge on any atom is 0.256 e. The van der Waals surface area contributed by atoms with Crippen molar-refractivity contribution in [3.8, 4) is 5.75 Å². The third-order valence-electron chi connectivity index (χ3n) is 3.38. The van der Waals surface area contributed by atoms with E-state index in [1.807, 2.05) is 18.7 Å². The van der Waals surface area contributed by atoms with Crippen LogP contribution in [0.5, 0.6) is 5.75 Å². The number of rotatable bonds is 2. The van der Waals surface area contributed by atoms with Gasteiger partial charge in [-0.3, -0.25) is 4.79 Å². The lowest BCUT2D eigenvalue weighted by atomic mass is 10.0. The van der Waals surface area contributed by atoms with Crippen molar-refractivity contribution in [2.75, 3.05) is 32.6 Å². The van der Waals surface area contributed by atoms with Crippen LogP contribution < -0.4 is 10.5 Å². The van der Waals surface area contributed by atoms with Crippen molar-refractivity contribution in [2.45, 2.75) is 19.4 Å². The Labute approximate surface area is 113 Å². The fourth-order valence-corrected chi connectivity index (χ4v) is 2.23. The number of nitrogens with zero attached hydrogens (tertiary/aromatic N) is 1. The van der Waals surface area contributed by atoms with Crippen LogP contribution in [0.3, 0.4) is 0 Å². The number of carbonyl (C=O) groups excluding carboxylic acids is 1. The first-order valence-electron chi connectivity index (χ1n) is 6.29. The van der Waals surface area contributed by atoms with Gasteiger partial charge in [-0.1, -0.05) is 0 Å². The molecule has 104 valence electrons. The van der Waals surface area contributed by atoms with Gasteiger partial charge in [0.15, 0.2) is 0 Å². The van der Waals surface area contributed by atoms with Gasteiger partial charge in [0, 0.05) is 12.2 Å². The zero-order valence-corrected chi connectivity index (χ0v) is 11.6. The molecule has 1 aliphatic rings. The van der Waals surface area contributed by atoms with E-state index in [1.165, 1.54) is 0 Å². The van der Waals surface area contributed by atoms with Crippen molar-refractivity contribution in [1.29, 1.82) is 0 Å². The van der Waals surface area contributed by atoms with Crippen molar-refractivity contribution >= 4 is 11.6 Å². The van der Waals surface area contributed by atoms with Crippen molar-refractivity contribution in [2.24, 2.45) is 0 Å². The number of amides is 1. The number of hydrogen-bond acceptors (Lipinski definition) is 4. The van der Waals surface area contributed by atoms with Crippen LogP contribution in [0.15, 0.2) is 18.2 Å². The largest absolute Gasteiger partial charge is 0.497 e. The summed E-state index contributed by atoms with van der Waals surface area (Å²) >= 11 is 0. The van der Waals surface area contributed by atoms with Crippen molar-refractivity contribution in [1.82, 2.24) is 4.90 Å². The number of anilines is 1. The summed E-state index contributed by atoms with van der Waals surface area (Å²) in [5, 5.41) is 0. The second-order valence-electron chi connectivity index (χ2n) is 5.27. The highest BCUT2D eigenvalue weighted by molar-refractivity contribution is 6.00. The molecule has 5 nitrogen and oxygen atoms in total. The minimum Gasteiger partial charge on any atom is -0.497 e. The number of benzene rings is 1. The quantitative estimate of drug-likeness (QED) is 0.823. The monoisotopic (exact) mass is 264 g/mol. The normalized spacial score (nSPS) is 18.2. The van der Waals surface area contributed by atoms with E-state index < -0.39 is 0 Å². The van der Waals surface area contributed by atoms with Gasteiger partial charge in [0.05, 0.1) is 31.4 Å². The Morgan fingerprint density at radius 2 is 2.21 bits per heavy atom. The van der Waals surface area contributed by atoms with E-state index in [-0.39, 0.29) is 11.4 Å². The topological polar surface area (TPSA) is 64.8 Å². The molecule has 0 bridgehead atoms. The molecule has 0 atom stereocenters. The first kappa shape index (κ1) is 13.7. The van der Waals surface area contributed by atoms with Gasteiger partial charge in [-0.15, -0.1) is 0 Å². The van der Waals surface area contributed by atoms with E-state index in [4.69, 9.17) is 15.2 Å². The lowest BCUT2D eigenvalue weighted by Gasteiger charge is -2.42. The Balaban J connectivity index is 2.33.